The molecule has 1 aliphatic heterocycles. The smallest absolute Gasteiger partial charge is 0.260 e. The Morgan fingerprint density at radius 3 is 2.69 bits per heavy atom. The number of carbonyl (C=O) groups is 3. The Bertz CT molecular complexity index is 1040. The molecule has 1 atom stereocenters. The number of fused-ring (bicyclic) bond motifs is 1. The Labute approximate surface area is 214 Å². The van der Waals surface area contributed by atoms with Crippen LogP contribution < -0.4 is 4.74 Å². The van der Waals surface area contributed by atoms with E-state index in [-0.39, 0.29) is 24.3 Å². The maximum absolute atomic E-state index is 13.3. The molecule has 9 heteroatoms. The van der Waals surface area contributed by atoms with Crippen molar-refractivity contribution < 1.29 is 19.1 Å². The number of ether oxygens (including phenoxy) is 1. The molecule has 0 saturated carbocycles. The van der Waals surface area contributed by atoms with Crippen LogP contribution in [0.3, 0.4) is 0 Å². The highest BCUT2D eigenvalue weighted by molar-refractivity contribution is 5.88. The molecule has 0 radical (unpaired) electrons. The average molecular weight is 498 g/mol. The number of hydrogen-bond acceptors (Lipinski definition) is 5. The van der Waals surface area contributed by atoms with E-state index in [2.05, 4.69) is 5.10 Å². The molecule has 1 aromatic carbocycles. The maximum Gasteiger partial charge on any atom is 0.260 e. The van der Waals surface area contributed by atoms with E-state index in [1.807, 2.05) is 37.5 Å². The minimum absolute atomic E-state index is 0.0498. The van der Waals surface area contributed by atoms with E-state index < -0.39 is 6.04 Å². The van der Waals surface area contributed by atoms with Crippen molar-refractivity contribution in [1.82, 2.24) is 24.5 Å². The molecular weight excluding hydrogens is 458 g/mol. The van der Waals surface area contributed by atoms with Crippen LogP contribution >= 0.6 is 0 Å². The Hall–Kier alpha value is -3.36. The van der Waals surface area contributed by atoms with Crippen molar-refractivity contribution in [3.63, 3.8) is 0 Å². The van der Waals surface area contributed by atoms with Crippen LogP contribution in [0.15, 0.2) is 36.7 Å². The zero-order valence-electron chi connectivity index (χ0n) is 22.0. The fourth-order valence-corrected chi connectivity index (χ4v) is 4.47. The highest BCUT2D eigenvalue weighted by Gasteiger charge is 2.29. The van der Waals surface area contributed by atoms with E-state index in [1.54, 1.807) is 41.8 Å². The highest BCUT2D eigenvalue weighted by Crippen LogP contribution is 2.21. The van der Waals surface area contributed by atoms with E-state index in [4.69, 9.17) is 4.74 Å². The summed E-state index contributed by atoms with van der Waals surface area (Å²) in [6, 6.07) is 7.19. The third kappa shape index (κ3) is 7.57. The number of likely N-dealkylation sites (N-methyl/N-ethyl adjacent to an activating group) is 2. The van der Waals surface area contributed by atoms with E-state index >= 15 is 0 Å². The highest BCUT2D eigenvalue weighted by atomic mass is 16.5. The molecule has 1 aromatic heterocycles. The molecule has 196 valence electrons. The summed E-state index contributed by atoms with van der Waals surface area (Å²) >= 11 is 0. The van der Waals surface area contributed by atoms with Gasteiger partial charge < -0.3 is 19.4 Å². The lowest BCUT2D eigenvalue weighted by Crippen LogP contribution is -2.50. The van der Waals surface area contributed by atoms with Crippen molar-refractivity contribution in [3.05, 3.63) is 47.8 Å². The second kappa shape index (κ2) is 13.1. The second-order valence-electron chi connectivity index (χ2n) is 9.61. The van der Waals surface area contributed by atoms with E-state index in [0.717, 1.165) is 36.1 Å². The first-order valence-electron chi connectivity index (χ1n) is 12.7. The molecular formula is C27H39N5O4. The Morgan fingerprint density at radius 2 is 1.94 bits per heavy atom. The van der Waals surface area contributed by atoms with Crippen LogP contribution in [0, 0.1) is 0 Å². The molecule has 0 aliphatic carbocycles. The largest absolute Gasteiger partial charge is 0.483 e. The molecule has 0 unspecified atom stereocenters. The fourth-order valence-electron chi connectivity index (χ4n) is 4.47. The summed E-state index contributed by atoms with van der Waals surface area (Å²) < 4.78 is 7.58. The van der Waals surface area contributed by atoms with Gasteiger partial charge in [0.2, 0.25) is 11.8 Å². The van der Waals surface area contributed by atoms with Crippen LogP contribution in [0.5, 0.6) is 5.75 Å². The van der Waals surface area contributed by atoms with Crippen molar-refractivity contribution in [3.8, 4) is 5.75 Å². The van der Waals surface area contributed by atoms with Gasteiger partial charge in [-0.25, -0.2) is 0 Å². The van der Waals surface area contributed by atoms with Crippen molar-refractivity contribution in [2.45, 2.75) is 51.0 Å². The topological polar surface area (TPSA) is 88.0 Å². The molecule has 3 rings (SSSR count). The molecule has 0 fully saturated rings. The van der Waals surface area contributed by atoms with Gasteiger partial charge in [0.25, 0.3) is 5.91 Å². The quantitative estimate of drug-likeness (QED) is 0.586. The van der Waals surface area contributed by atoms with Gasteiger partial charge in [-0.3, -0.25) is 19.1 Å². The van der Waals surface area contributed by atoms with Gasteiger partial charge in [0.15, 0.2) is 6.61 Å². The second-order valence-corrected chi connectivity index (χ2v) is 9.61. The number of aryl methyl sites for hydroxylation is 3. The molecule has 2 aromatic rings. The summed E-state index contributed by atoms with van der Waals surface area (Å²) in [5.74, 6) is 0.458. The van der Waals surface area contributed by atoms with Crippen LogP contribution in [0.2, 0.25) is 0 Å². The van der Waals surface area contributed by atoms with Crippen LogP contribution in [0.25, 0.3) is 0 Å². The van der Waals surface area contributed by atoms with Gasteiger partial charge >= 0.3 is 0 Å². The normalized spacial score (nSPS) is 17.5. The molecule has 0 N–H and O–H groups in total. The van der Waals surface area contributed by atoms with Crippen LogP contribution in [0.4, 0.5) is 0 Å². The summed E-state index contributed by atoms with van der Waals surface area (Å²) in [6.07, 6.45) is 8.46. The number of benzene rings is 1. The van der Waals surface area contributed by atoms with Crippen molar-refractivity contribution in [2.24, 2.45) is 7.05 Å². The molecule has 2 heterocycles. The first-order valence-corrected chi connectivity index (χ1v) is 12.7. The van der Waals surface area contributed by atoms with Gasteiger partial charge in [0, 0.05) is 53.9 Å². The summed E-state index contributed by atoms with van der Waals surface area (Å²) in [5.41, 5.74) is 2.11. The maximum atomic E-state index is 13.3. The lowest BCUT2D eigenvalue weighted by atomic mass is 10.1. The SMILES string of the molecule is CN(CCC[C@H]1C(=O)N(C)CCCCc2ccccc2OCC(=O)N1C)C(=O)CCc1cnn(C)c1. The number of hydrogen-bond donors (Lipinski definition) is 0. The first kappa shape index (κ1) is 27.2. The van der Waals surface area contributed by atoms with E-state index in [1.165, 1.54) is 4.90 Å². The number of amides is 3. The van der Waals surface area contributed by atoms with E-state index in [0.29, 0.717) is 38.8 Å². The third-order valence-electron chi connectivity index (χ3n) is 6.82. The van der Waals surface area contributed by atoms with Crippen LogP contribution in [-0.2, 0) is 34.3 Å². The molecule has 0 spiro atoms. The lowest BCUT2D eigenvalue weighted by Gasteiger charge is -2.31. The zero-order valence-corrected chi connectivity index (χ0v) is 22.0. The van der Waals surface area contributed by atoms with Gasteiger partial charge in [-0.2, -0.15) is 5.10 Å². The number of para-hydroxylation sites is 1. The standard InChI is InChI=1S/C27H39N5O4/c1-29(25(33)15-14-21-18-28-31(3)19-21)17-9-12-23-27(35)30(2)16-8-7-11-22-10-5-6-13-24(22)36-20-26(34)32(23)4/h5-6,10,13,18-19,23H,7-9,11-12,14-17,20H2,1-4H3/t23-/m0/s1. The fraction of sp³-hybridized carbons (Fsp3) is 0.556. The predicted molar refractivity (Wildman–Crippen MR) is 137 cm³/mol. The Morgan fingerprint density at radius 1 is 1.17 bits per heavy atom. The number of rotatable bonds is 7. The molecule has 0 saturated heterocycles. The molecule has 0 bridgehead atoms. The van der Waals surface area contributed by atoms with Crippen molar-refractivity contribution >= 4 is 17.7 Å². The summed E-state index contributed by atoms with van der Waals surface area (Å²) in [5, 5.41) is 4.14. The van der Waals surface area contributed by atoms with Crippen molar-refractivity contribution in [2.75, 3.05) is 40.8 Å². The van der Waals surface area contributed by atoms with Gasteiger partial charge in [0.05, 0.1) is 6.20 Å². The molecule has 3 amide bonds. The van der Waals surface area contributed by atoms with Crippen molar-refractivity contribution in [1.29, 1.82) is 0 Å². The minimum atomic E-state index is -0.596. The summed E-state index contributed by atoms with van der Waals surface area (Å²) in [6.45, 7) is 1.03. The third-order valence-corrected chi connectivity index (χ3v) is 6.82. The predicted octanol–water partition coefficient (Wildman–Crippen LogP) is 2.29. The first-order chi connectivity index (χ1) is 17.3. The minimum Gasteiger partial charge on any atom is -0.483 e. The number of aromatic nitrogens is 2. The molecule has 36 heavy (non-hydrogen) atoms. The Balaban J connectivity index is 1.59. The van der Waals surface area contributed by atoms with Crippen LogP contribution in [-0.4, -0.2) is 89.1 Å². The monoisotopic (exact) mass is 497 g/mol. The lowest BCUT2D eigenvalue weighted by molar-refractivity contribution is -0.145. The molecule has 1 aliphatic rings. The van der Waals surface area contributed by atoms with Crippen LogP contribution in [0.1, 0.15) is 43.2 Å². The van der Waals surface area contributed by atoms with Gasteiger partial charge in [-0.05, 0) is 55.7 Å². The van der Waals surface area contributed by atoms with E-state index in [9.17, 15) is 14.4 Å². The Kier molecular flexibility index (Phi) is 9.90. The number of nitrogens with zero attached hydrogens (tertiary/aromatic N) is 5. The van der Waals surface area contributed by atoms with Gasteiger partial charge in [-0.15, -0.1) is 0 Å². The summed E-state index contributed by atoms with van der Waals surface area (Å²) in [7, 11) is 7.10. The molecule has 9 nitrogen and oxygen atoms in total. The zero-order chi connectivity index (χ0) is 26.1. The van der Waals surface area contributed by atoms with Gasteiger partial charge in [-0.1, -0.05) is 18.2 Å². The average Bonchev–Trinajstić information content (AvgIpc) is 3.30. The number of carbonyl (C=O) groups excluding carboxylic acids is 3. The summed E-state index contributed by atoms with van der Waals surface area (Å²) in [4.78, 5) is 43.8. The van der Waals surface area contributed by atoms with Gasteiger partial charge in [0.1, 0.15) is 11.8 Å².